The fourth-order valence-electron chi connectivity index (χ4n) is 4.07. The van der Waals surface area contributed by atoms with Crippen molar-refractivity contribution in [3.8, 4) is 5.75 Å². The molecule has 2 aromatic carbocycles. The minimum absolute atomic E-state index is 0.189. The van der Waals surface area contributed by atoms with E-state index in [4.69, 9.17) is 16.3 Å². The molecule has 1 atom stereocenters. The van der Waals surface area contributed by atoms with Crippen LogP contribution in [0.3, 0.4) is 0 Å². The Morgan fingerprint density at radius 2 is 1.72 bits per heavy atom. The van der Waals surface area contributed by atoms with Crippen molar-refractivity contribution >= 4 is 34.8 Å². The minimum atomic E-state index is -0.430. The van der Waals surface area contributed by atoms with E-state index in [1.54, 1.807) is 12.1 Å². The molecule has 6 nitrogen and oxygen atoms in total. The van der Waals surface area contributed by atoms with E-state index in [-0.39, 0.29) is 18.2 Å². The molecule has 0 bridgehead atoms. The summed E-state index contributed by atoms with van der Waals surface area (Å²) in [6, 6.07) is 13.2. The van der Waals surface area contributed by atoms with E-state index < -0.39 is 6.04 Å². The molecule has 7 heteroatoms. The number of para-hydroxylation sites is 1. The molecule has 2 fully saturated rings. The van der Waals surface area contributed by atoms with Crippen LogP contribution in [0.15, 0.2) is 42.5 Å². The maximum Gasteiger partial charge on any atom is 0.251 e. The number of hydrogen-bond donors (Lipinski definition) is 0. The molecule has 2 aromatic rings. The fourth-order valence-corrected chi connectivity index (χ4v) is 4.22. The summed E-state index contributed by atoms with van der Waals surface area (Å²) < 4.78 is 5.38. The summed E-state index contributed by atoms with van der Waals surface area (Å²) in [5.41, 5.74) is 2.45. The van der Waals surface area contributed by atoms with Gasteiger partial charge in [-0.2, -0.15) is 0 Å². The predicted octanol–water partition coefficient (Wildman–Crippen LogP) is 3.11. The summed E-state index contributed by atoms with van der Waals surface area (Å²) in [4.78, 5) is 31.6. The van der Waals surface area contributed by atoms with Gasteiger partial charge in [-0.05, 0) is 30.7 Å². The summed E-state index contributed by atoms with van der Waals surface area (Å²) in [6.45, 7) is 4.97. The third-order valence-corrected chi connectivity index (χ3v) is 6.11. The lowest BCUT2D eigenvalue weighted by Gasteiger charge is -2.38. The molecule has 0 spiro atoms. The molecule has 0 saturated carbocycles. The van der Waals surface area contributed by atoms with Crippen molar-refractivity contribution in [3.05, 3.63) is 53.1 Å². The molecule has 0 aromatic heterocycles. The number of imide groups is 1. The summed E-state index contributed by atoms with van der Waals surface area (Å²) in [6.07, 6.45) is 0.189. The predicted molar refractivity (Wildman–Crippen MR) is 114 cm³/mol. The topological polar surface area (TPSA) is 53.1 Å². The highest BCUT2D eigenvalue weighted by molar-refractivity contribution is 6.32. The first-order valence-electron chi connectivity index (χ1n) is 9.74. The number of amides is 2. The third kappa shape index (κ3) is 3.70. The molecule has 0 aliphatic carbocycles. The second-order valence-electron chi connectivity index (χ2n) is 7.42. The smallest absolute Gasteiger partial charge is 0.251 e. The lowest BCUT2D eigenvalue weighted by molar-refractivity contribution is -0.123. The minimum Gasteiger partial charge on any atom is -0.495 e. The van der Waals surface area contributed by atoms with Crippen molar-refractivity contribution < 1.29 is 14.3 Å². The molecule has 0 N–H and O–H groups in total. The highest BCUT2D eigenvalue weighted by Gasteiger charge is 2.44. The van der Waals surface area contributed by atoms with Gasteiger partial charge in [0.15, 0.2) is 0 Å². The first kappa shape index (κ1) is 19.7. The van der Waals surface area contributed by atoms with Crippen LogP contribution in [0.2, 0.25) is 5.02 Å². The lowest BCUT2D eigenvalue weighted by Crippen LogP contribution is -2.52. The molecule has 2 amide bonds. The molecule has 2 heterocycles. The van der Waals surface area contributed by atoms with E-state index in [2.05, 4.69) is 21.9 Å². The van der Waals surface area contributed by atoms with E-state index in [9.17, 15) is 9.59 Å². The number of anilines is 2. The maximum absolute atomic E-state index is 13.2. The van der Waals surface area contributed by atoms with Crippen molar-refractivity contribution in [1.82, 2.24) is 4.90 Å². The average Bonchev–Trinajstić information content (AvgIpc) is 3.04. The zero-order valence-corrected chi connectivity index (χ0v) is 17.4. The van der Waals surface area contributed by atoms with E-state index in [0.717, 1.165) is 31.7 Å². The molecule has 0 radical (unpaired) electrons. The van der Waals surface area contributed by atoms with Gasteiger partial charge in [-0.25, -0.2) is 4.90 Å². The number of ether oxygens (including phenoxy) is 1. The molecule has 2 aliphatic rings. The van der Waals surface area contributed by atoms with Gasteiger partial charge in [-0.15, -0.1) is 0 Å². The first-order chi connectivity index (χ1) is 14.0. The number of nitrogens with zero attached hydrogens (tertiary/aromatic N) is 3. The van der Waals surface area contributed by atoms with E-state index in [1.807, 2.05) is 25.1 Å². The Hall–Kier alpha value is -2.57. The van der Waals surface area contributed by atoms with Crippen molar-refractivity contribution in [2.24, 2.45) is 0 Å². The summed E-state index contributed by atoms with van der Waals surface area (Å²) >= 11 is 6.18. The maximum atomic E-state index is 13.2. The molecule has 29 heavy (non-hydrogen) atoms. The number of piperazine rings is 1. The van der Waals surface area contributed by atoms with Gasteiger partial charge in [0, 0.05) is 43.0 Å². The number of carbonyl (C=O) groups is 2. The highest BCUT2D eigenvalue weighted by atomic mass is 35.5. The lowest BCUT2D eigenvalue weighted by atomic mass is 10.1. The van der Waals surface area contributed by atoms with Crippen molar-refractivity contribution in [2.75, 3.05) is 43.1 Å². The van der Waals surface area contributed by atoms with Crippen LogP contribution >= 0.6 is 11.6 Å². The van der Waals surface area contributed by atoms with Crippen LogP contribution in [0.25, 0.3) is 0 Å². The second-order valence-corrected chi connectivity index (χ2v) is 7.83. The molecule has 152 valence electrons. The Balaban J connectivity index is 1.50. The quantitative estimate of drug-likeness (QED) is 0.721. The zero-order valence-electron chi connectivity index (χ0n) is 16.6. The third-order valence-electron chi connectivity index (χ3n) is 5.70. The van der Waals surface area contributed by atoms with Crippen molar-refractivity contribution in [3.63, 3.8) is 0 Å². The van der Waals surface area contributed by atoms with Gasteiger partial charge in [0.25, 0.3) is 5.91 Å². The second kappa shape index (κ2) is 8.05. The van der Waals surface area contributed by atoms with Crippen LogP contribution in [0, 0.1) is 6.92 Å². The molecule has 1 unspecified atom stereocenters. The van der Waals surface area contributed by atoms with Gasteiger partial charge < -0.3 is 9.64 Å². The Morgan fingerprint density at radius 3 is 2.38 bits per heavy atom. The van der Waals surface area contributed by atoms with Crippen LogP contribution in [0.5, 0.6) is 5.75 Å². The van der Waals surface area contributed by atoms with Gasteiger partial charge >= 0.3 is 0 Å². The van der Waals surface area contributed by atoms with Gasteiger partial charge in [-0.1, -0.05) is 29.8 Å². The van der Waals surface area contributed by atoms with Gasteiger partial charge in [0.1, 0.15) is 5.75 Å². The van der Waals surface area contributed by atoms with Crippen LogP contribution in [-0.4, -0.2) is 56.0 Å². The molecular formula is C22H24ClN3O3. The summed E-state index contributed by atoms with van der Waals surface area (Å²) in [5.74, 6) is 0.0329. The summed E-state index contributed by atoms with van der Waals surface area (Å²) in [5, 5.41) is 0.540. The number of hydrogen-bond acceptors (Lipinski definition) is 5. The number of benzene rings is 2. The summed E-state index contributed by atoms with van der Waals surface area (Å²) in [7, 11) is 1.51. The average molecular weight is 414 g/mol. The monoisotopic (exact) mass is 413 g/mol. The largest absolute Gasteiger partial charge is 0.495 e. The number of aryl methyl sites for hydroxylation is 1. The van der Waals surface area contributed by atoms with Crippen LogP contribution < -0.4 is 14.5 Å². The molecular weight excluding hydrogens is 390 g/mol. The number of carbonyl (C=O) groups excluding carboxylic acids is 2. The van der Waals surface area contributed by atoms with Gasteiger partial charge in [0.2, 0.25) is 5.91 Å². The van der Waals surface area contributed by atoms with Crippen LogP contribution in [-0.2, 0) is 9.59 Å². The van der Waals surface area contributed by atoms with Crippen molar-refractivity contribution in [1.29, 1.82) is 0 Å². The van der Waals surface area contributed by atoms with Crippen LogP contribution in [0.1, 0.15) is 12.0 Å². The Morgan fingerprint density at radius 1 is 1.03 bits per heavy atom. The molecule has 4 rings (SSSR count). The fraction of sp³-hybridized carbons (Fsp3) is 0.364. The van der Waals surface area contributed by atoms with Crippen LogP contribution in [0.4, 0.5) is 11.4 Å². The molecule has 2 saturated heterocycles. The Labute approximate surface area is 175 Å². The van der Waals surface area contributed by atoms with Gasteiger partial charge in [0.05, 0.1) is 25.3 Å². The Bertz CT molecular complexity index is 926. The van der Waals surface area contributed by atoms with Gasteiger partial charge in [-0.3, -0.25) is 14.5 Å². The highest BCUT2D eigenvalue weighted by Crippen LogP contribution is 2.37. The Kier molecular flexibility index (Phi) is 5.48. The SMILES string of the molecule is COc1cc(Cl)c(C)cc1N1C(=O)CC(N2CCN(c3ccccc3)CC2)C1=O. The normalized spacial score (nSPS) is 20.4. The van der Waals surface area contributed by atoms with E-state index in [0.29, 0.717) is 16.5 Å². The number of halogens is 1. The van der Waals surface area contributed by atoms with E-state index in [1.165, 1.54) is 17.7 Å². The number of methoxy groups -OCH3 is 1. The zero-order chi connectivity index (χ0) is 20.5. The van der Waals surface area contributed by atoms with Crippen molar-refractivity contribution in [2.45, 2.75) is 19.4 Å². The standard InChI is InChI=1S/C22H24ClN3O3/c1-15-12-18(20(29-2)13-17(15)23)26-21(27)14-19(22(26)28)25-10-8-24(9-11-25)16-6-4-3-5-7-16/h3-7,12-13,19H,8-11,14H2,1-2H3. The van der Waals surface area contributed by atoms with E-state index >= 15 is 0 Å². The number of rotatable bonds is 4. The first-order valence-corrected chi connectivity index (χ1v) is 10.1. The molecule has 2 aliphatic heterocycles.